The molecule has 1 aliphatic rings. The van der Waals surface area contributed by atoms with Crippen LogP contribution in [0.5, 0.6) is 5.75 Å². The maximum absolute atomic E-state index is 12.6. The minimum atomic E-state index is -0.467. The zero-order valence-corrected chi connectivity index (χ0v) is 14.1. The van der Waals surface area contributed by atoms with Crippen LogP contribution >= 0.6 is 0 Å². The second kappa shape index (κ2) is 7.70. The number of methoxy groups -OCH3 is 1. The van der Waals surface area contributed by atoms with E-state index < -0.39 is 6.04 Å². The third-order valence-electron chi connectivity index (χ3n) is 4.20. The molecule has 0 radical (unpaired) electrons. The molecule has 6 heteroatoms. The topological polar surface area (TPSA) is 70.7 Å². The van der Waals surface area contributed by atoms with Crippen LogP contribution in [0.2, 0.25) is 0 Å². The van der Waals surface area contributed by atoms with Crippen LogP contribution in [0.4, 0.5) is 16.2 Å². The summed E-state index contributed by atoms with van der Waals surface area (Å²) in [6.45, 7) is 0.569. The van der Waals surface area contributed by atoms with E-state index in [9.17, 15) is 9.59 Å². The Morgan fingerprint density at radius 3 is 2.36 bits per heavy atom. The number of hydrogen-bond donors (Lipinski definition) is 2. The standard InChI is InChI=1S/C19H21N3O3/c1-25-16-11-9-15(10-12-16)20-18(23)17-8-5-13-22(17)19(24)21-14-6-3-2-4-7-14/h2-4,6-7,9-12,17H,5,8,13H2,1H3,(H,20,23)(H,21,24). The molecule has 6 nitrogen and oxygen atoms in total. The minimum Gasteiger partial charge on any atom is -0.497 e. The number of ether oxygens (including phenoxy) is 1. The van der Waals surface area contributed by atoms with Crippen molar-refractivity contribution < 1.29 is 14.3 Å². The first kappa shape index (κ1) is 16.8. The number of carbonyl (C=O) groups is 2. The van der Waals surface area contributed by atoms with Crippen LogP contribution in [0.25, 0.3) is 0 Å². The number of nitrogens with zero attached hydrogens (tertiary/aromatic N) is 1. The highest BCUT2D eigenvalue weighted by molar-refractivity contribution is 5.99. The number of nitrogens with one attached hydrogen (secondary N) is 2. The van der Waals surface area contributed by atoms with Crippen molar-refractivity contribution in [1.82, 2.24) is 4.90 Å². The molecule has 0 bridgehead atoms. The fourth-order valence-corrected chi connectivity index (χ4v) is 2.90. The third kappa shape index (κ3) is 4.09. The van der Waals surface area contributed by atoms with Crippen molar-refractivity contribution in [2.45, 2.75) is 18.9 Å². The monoisotopic (exact) mass is 339 g/mol. The first-order chi connectivity index (χ1) is 12.2. The molecule has 2 aromatic rings. The van der Waals surface area contributed by atoms with Gasteiger partial charge in [-0.2, -0.15) is 0 Å². The lowest BCUT2D eigenvalue weighted by atomic mass is 10.2. The number of carbonyl (C=O) groups excluding carboxylic acids is 2. The van der Waals surface area contributed by atoms with Crippen LogP contribution < -0.4 is 15.4 Å². The van der Waals surface area contributed by atoms with Crippen molar-refractivity contribution in [3.63, 3.8) is 0 Å². The third-order valence-corrected chi connectivity index (χ3v) is 4.20. The van der Waals surface area contributed by atoms with Crippen molar-refractivity contribution in [2.24, 2.45) is 0 Å². The van der Waals surface area contributed by atoms with Crippen LogP contribution in [0.3, 0.4) is 0 Å². The number of amides is 3. The van der Waals surface area contributed by atoms with Crippen LogP contribution in [0, 0.1) is 0 Å². The number of rotatable bonds is 4. The molecule has 0 saturated carbocycles. The summed E-state index contributed by atoms with van der Waals surface area (Å²) < 4.78 is 5.11. The number of benzene rings is 2. The number of anilines is 2. The molecule has 2 N–H and O–H groups in total. The molecule has 25 heavy (non-hydrogen) atoms. The summed E-state index contributed by atoms with van der Waals surface area (Å²) in [6, 6.07) is 15.6. The summed E-state index contributed by atoms with van der Waals surface area (Å²) in [5.74, 6) is 0.550. The van der Waals surface area contributed by atoms with Crippen LogP contribution in [0.15, 0.2) is 54.6 Å². The van der Waals surface area contributed by atoms with Gasteiger partial charge in [0.2, 0.25) is 5.91 Å². The molecule has 1 heterocycles. The van der Waals surface area contributed by atoms with Gasteiger partial charge in [0, 0.05) is 17.9 Å². The second-order valence-electron chi connectivity index (χ2n) is 5.87. The van der Waals surface area contributed by atoms with Crippen molar-refractivity contribution >= 4 is 23.3 Å². The van der Waals surface area contributed by atoms with Gasteiger partial charge in [0.15, 0.2) is 0 Å². The Hall–Kier alpha value is -3.02. The minimum absolute atomic E-state index is 0.175. The van der Waals surface area contributed by atoms with Gasteiger partial charge in [0.25, 0.3) is 0 Å². The first-order valence-electron chi connectivity index (χ1n) is 8.25. The van der Waals surface area contributed by atoms with E-state index in [1.54, 1.807) is 36.3 Å². The highest BCUT2D eigenvalue weighted by Crippen LogP contribution is 2.21. The van der Waals surface area contributed by atoms with Crippen LogP contribution in [0.1, 0.15) is 12.8 Å². The van der Waals surface area contributed by atoms with E-state index in [1.807, 2.05) is 30.3 Å². The number of para-hydroxylation sites is 1. The van der Waals surface area contributed by atoms with Gasteiger partial charge in [0.05, 0.1) is 7.11 Å². The van der Waals surface area contributed by atoms with E-state index in [0.717, 1.165) is 12.2 Å². The van der Waals surface area contributed by atoms with Crippen molar-refractivity contribution in [2.75, 3.05) is 24.3 Å². The zero-order chi connectivity index (χ0) is 17.6. The molecule has 0 spiro atoms. The average Bonchev–Trinajstić information content (AvgIpc) is 3.13. The summed E-state index contributed by atoms with van der Waals surface area (Å²) in [7, 11) is 1.59. The molecule has 1 fully saturated rings. The molecule has 1 unspecified atom stereocenters. The van der Waals surface area contributed by atoms with Gasteiger partial charge in [0.1, 0.15) is 11.8 Å². The van der Waals surface area contributed by atoms with Gasteiger partial charge in [-0.05, 0) is 49.2 Å². The molecular weight excluding hydrogens is 318 g/mol. The van der Waals surface area contributed by atoms with Crippen LogP contribution in [-0.2, 0) is 4.79 Å². The van der Waals surface area contributed by atoms with Crippen molar-refractivity contribution in [3.8, 4) is 5.75 Å². The summed E-state index contributed by atoms with van der Waals surface area (Å²) in [4.78, 5) is 26.6. The predicted molar refractivity (Wildman–Crippen MR) is 96.8 cm³/mol. The van der Waals surface area contributed by atoms with Gasteiger partial charge in [-0.15, -0.1) is 0 Å². The summed E-state index contributed by atoms with van der Waals surface area (Å²) in [5, 5.41) is 5.71. The smallest absolute Gasteiger partial charge is 0.322 e. The molecule has 3 rings (SSSR count). The van der Waals surface area contributed by atoms with Crippen molar-refractivity contribution in [3.05, 3.63) is 54.6 Å². The molecule has 0 aromatic heterocycles. The molecule has 1 saturated heterocycles. The van der Waals surface area contributed by atoms with E-state index in [4.69, 9.17) is 4.74 Å². The Labute approximate surface area is 146 Å². The van der Waals surface area contributed by atoms with Crippen molar-refractivity contribution in [1.29, 1.82) is 0 Å². The second-order valence-corrected chi connectivity index (χ2v) is 5.87. The Kier molecular flexibility index (Phi) is 5.18. The van der Waals surface area contributed by atoms with Gasteiger partial charge in [-0.3, -0.25) is 4.79 Å². The molecule has 1 atom stereocenters. The SMILES string of the molecule is COc1ccc(NC(=O)C2CCCN2C(=O)Nc2ccccc2)cc1. The highest BCUT2D eigenvalue weighted by atomic mass is 16.5. The first-order valence-corrected chi connectivity index (χ1v) is 8.25. The number of urea groups is 1. The van der Waals surface area contributed by atoms with E-state index in [0.29, 0.717) is 24.3 Å². The Morgan fingerprint density at radius 1 is 1.00 bits per heavy atom. The largest absolute Gasteiger partial charge is 0.497 e. The lowest BCUT2D eigenvalue weighted by Gasteiger charge is -2.24. The van der Waals surface area contributed by atoms with Gasteiger partial charge < -0.3 is 20.3 Å². The normalized spacial score (nSPS) is 16.4. The quantitative estimate of drug-likeness (QED) is 0.897. The predicted octanol–water partition coefficient (Wildman–Crippen LogP) is 3.33. The molecule has 130 valence electrons. The maximum atomic E-state index is 12.6. The highest BCUT2D eigenvalue weighted by Gasteiger charge is 2.34. The zero-order valence-electron chi connectivity index (χ0n) is 14.1. The summed E-state index contributed by atoms with van der Waals surface area (Å²) in [6.07, 6.45) is 1.47. The fraction of sp³-hybridized carbons (Fsp3) is 0.263. The molecule has 0 aliphatic carbocycles. The van der Waals surface area contributed by atoms with E-state index in [1.165, 1.54) is 0 Å². The fourth-order valence-electron chi connectivity index (χ4n) is 2.90. The number of hydrogen-bond acceptors (Lipinski definition) is 3. The van der Waals surface area contributed by atoms with Crippen LogP contribution in [-0.4, -0.2) is 36.5 Å². The lowest BCUT2D eigenvalue weighted by molar-refractivity contribution is -0.119. The lowest BCUT2D eigenvalue weighted by Crippen LogP contribution is -2.45. The Balaban J connectivity index is 1.63. The summed E-state index contributed by atoms with van der Waals surface area (Å²) >= 11 is 0. The Bertz CT molecular complexity index is 731. The maximum Gasteiger partial charge on any atom is 0.322 e. The molecule has 2 aromatic carbocycles. The van der Waals surface area contributed by atoms with Gasteiger partial charge in [-0.1, -0.05) is 18.2 Å². The van der Waals surface area contributed by atoms with Gasteiger partial charge in [-0.25, -0.2) is 4.79 Å². The Morgan fingerprint density at radius 2 is 1.68 bits per heavy atom. The molecule has 1 aliphatic heterocycles. The van der Waals surface area contributed by atoms with E-state index >= 15 is 0 Å². The van der Waals surface area contributed by atoms with E-state index in [-0.39, 0.29) is 11.9 Å². The summed E-state index contributed by atoms with van der Waals surface area (Å²) in [5.41, 5.74) is 1.40. The van der Waals surface area contributed by atoms with E-state index in [2.05, 4.69) is 10.6 Å². The molecular formula is C19H21N3O3. The number of likely N-dealkylation sites (tertiary alicyclic amines) is 1. The van der Waals surface area contributed by atoms with Gasteiger partial charge >= 0.3 is 6.03 Å². The molecule has 3 amide bonds. The average molecular weight is 339 g/mol.